The molecule has 0 fully saturated rings. The van der Waals surface area contributed by atoms with E-state index in [2.05, 4.69) is 146 Å². The van der Waals surface area contributed by atoms with Crippen LogP contribution in [0.15, 0.2) is 169 Å². The summed E-state index contributed by atoms with van der Waals surface area (Å²) in [4.78, 5) is 4.81. The highest BCUT2D eigenvalue weighted by atomic mass is 15.0. The predicted molar refractivity (Wildman–Crippen MR) is 182 cm³/mol. The average molecular weight is 553 g/mol. The fourth-order valence-corrected chi connectivity index (χ4v) is 5.71. The molecule has 0 radical (unpaired) electrons. The van der Waals surface area contributed by atoms with Gasteiger partial charge in [-0.2, -0.15) is 0 Å². The molecule has 2 N–H and O–H groups in total. The summed E-state index contributed by atoms with van der Waals surface area (Å²) >= 11 is 0. The van der Waals surface area contributed by atoms with Gasteiger partial charge in [-0.1, -0.05) is 152 Å². The monoisotopic (exact) mass is 552 g/mol. The Labute approximate surface area is 253 Å². The number of benzene rings is 6. The highest BCUT2D eigenvalue weighted by Gasteiger charge is 2.31. The standard InChI is InChI=1S/C41H32N2/c42-39(28-35(30-13-6-2-7-14-30)20-19-29-11-4-1-5-12-29)32-23-21-31(22-24-32)34-25-26-37-36(27-34)17-10-18-38(37)41-40(43-41)33-15-8-3-9-16-33/h1-18,20-28,40H,19,42H2/b35-20+,39-28-. The molecule has 0 amide bonds. The average Bonchev–Trinajstić information content (AvgIpc) is 3.88. The summed E-state index contributed by atoms with van der Waals surface area (Å²) in [5.41, 5.74) is 18.0. The molecule has 1 unspecified atom stereocenters. The van der Waals surface area contributed by atoms with E-state index >= 15 is 0 Å². The van der Waals surface area contributed by atoms with Crippen LogP contribution in [0, 0.1) is 0 Å². The van der Waals surface area contributed by atoms with Crippen molar-refractivity contribution in [1.29, 1.82) is 0 Å². The van der Waals surface area contributed by atoms with Gasteiger partial charge in [-0.25, -0.2) is 0 Å². The predicted octanol–water partition coefficient (Wildman–Crippen LogP) is 9.68. The van der Waals surface area contributed by atoms with Gasteiger partial charge in [-0.15, -0.1) is 0 Å². The van der Waals surface area contributed by atoms with Crippen molar-refractivity contribution in [2.75, 3.05) is 0 Å². The minimum absolute atomic E-state index is 0.174. The van der Waals surface area contributed by atoms with E-state index in [-0.39, 0.29) is 6.04 Å². The van der Waals surface area contributed by atoms with Gasteiger partial charge < -0.3 is 5.73 Å². The van der Waals surface area contributed by atoms with Crippen molar-refractivity contribution in [3.63, 3.8) is 0 Å². The molecule has 43 heavy (non-hydrogen) atoms. The van der Waals surface area contributed by atoms with Gasteiger partial charge in [0.05, 0.1) is 5.71 Å². The van der Waals surface area contributed by atoms with E-state index in [0.29, 0.717) is 0 Å². The SMILES string of the molecule is N/C(=C\C(=C/Cc1ccccc1)c1ccccc1)c1ccc(-c2ccc3c(C4=NC4c4ccccc4)cccc3c2)cc1. The van der Waals surface area contributed by atoms with E-state index < -0.39 is 0 Å². The van der Waals surface area contributed by atoms with Crippen LogP contribution in [-0.4, -0.2) is 5.71 Å². The smallest absolute Gasteiger partial charge is 0.118 e. The lowest BCUT2D eigenvalue weighted by Crippen LogP contribution is -1.98. The highest BCUT2D eigenvalue weighted by molar-refractivity contribution is 6.20. The Morgan fingerprint density at radius 3 is 2.05 bits per heavy atom. The normalized spacial score (nSPS) is 14.9. The number of nitrogens with zero attached hydrogens (tertiary/aromatic N) is 1. The summed E-state index contributed by atoms with van der Waals surface area (Å²) in [5.74, 6) is 0. The molecule has 0 aliphatic carbocycles. The second kappa shape index (κ2) is 11.8. The Morgan fingerprint density at radius 2 is 1.30 bits per heavy atom. The zero-order valence-electron chi connectivity index (χ0n) is 23.9. The van der Waals surface area contributed by atoms with E-state index in [1.165, 1.54) is 38.7 Å². The Balaban J connectivity index is 1.13. The van der Waals surface area contributed by atoms with E-state index in [9.17, 15) is 0 Å². The highest BCUT2D eigenvalue weighted by Crippen LogP contribution is 2.38. The number of hydrogen-bond acceptors (Lipinski definition) is 2. The summed E-state index contributed by atoms with van der Waals surface area (Å²) in [5, 5.41) is 2.46. The van der Waals surface area contributed by atoms with Crippen LogP contribution < -0.4 is 5.73 Å². The lowest BCUT2D eigenvalue weighted by atomic mass is 9.95. The van der Waals surface area contributed by atoms with Crippen LogP contribution >= 0.6 is 0 Å². The van der Waals surface area contributed by atoms with Gasteiger partial charge in [0, 0.05) is 11.3 Å². The van der Waals surface area contributed by atoms with Crippen LogP contribution in [0.5, 0.6) is 0 Å². The molecule has 1 aliphatic rings. The third-order valence-electron chi connectivity index (χ3n) is 8.10. The van der Waals surface area contributed by atoms with E-state index in [4.69, 9.17) is 10.7 Å². The molecule has 6 aromatic rings. The lowest BCUT2D eigenvalue weighted by Gasteiger charge is -2.10. The first-order valence-corrected chi connectivity index (χ1v) is 14.8. The summed E-state index contributed by atoms with van der Waals surface area (Å²) in [6, 6.07) is 53.4. The van der Waals surface area contributed by atoms with Gasteiger partial charge in [0.25, 0.3) is 0 Å². The van der Waals surface area contributed by atoms with Gasteiger partial charge in [0.2, 0.25) is 0 Å². The maximum Gasteiger partial charge on any atom is 0.118 e. The number of rotatable bonds is 8. The number of fused-ring (bicyclic) bond motifs is 1. The first kappa shape index (κ1) is 26.4. The minimum Gasteiger partial charge on any atom is -0.398 e. The fraction of sp³-hybridized carbons (Fsp3) is 0.0488. The molecule has 6 aromatic carbocycles. The van der Waals surface area contributed by atoms with Crippen molar-refractivity contribution in [2.45, 2.75) is 12.5 Å². The molecule has 1 atom stereocenters. The molecular formula is C41H32N2. The Kier molecular flexibility index (Phi) is 7.25. The molecule has 0 saturated heterocycles. The molecular weight excluding hydrogens is 520 g/mol. The van der Waals surface area contributed by atoms with Crippen LogP contribution in [0.3, 0.4) is 0 Å². The van der Waals surface area contributed by atoms with Crippen molar-refractivity contribution in [3.8, 4) is 11.1 Å². The number of allylic oxidation sites excluding steroid dienone is 3. The molecule has 7 rings (SSSR count). The fourth-order valence-electron chi connectivity index (χ4n) is 5.71. The first-order chi connectivity index (χ1) is 21.2. The van der Waals surface area contributed by atoms with Crippen LogP contribution in [0.1, 0.15) is 33.9 Å². The van der Waals surface area contributed by atoms with Crippen molar-refractivity contribution in [1.82, 2.24) is 0 Å². The van der Waals surface area contributed by atoms with E-state index in [1.807, 2.05) is 18.2 Å². The molecule has 0 aromatic heterocycles. The Bertz CT molecular complexity index is 1970. The third kappa shape index (κ3) is 5.82. The van der Waals surface area contributed by atoms with Gasteiger partial charge in [0.1, 0.15) is 6.04 Å². The van der Waals surface area contributed by atoms with Crippen molar-refractivity contribution in [2.24, 2.45) is 10.7 Å². The number of nitrogens with two attached hydrogens (primary N) is 1. The minimum atomic E-state index is 0.174. The summed E-state index contributed by atoms with van der Waals surface area (Å²) < 4.78 is 0. The van der Waals surface area contributed by atoms with E-state index in [0.717, 1.165) is 34.4 Å². The Morgan fingerprint density at radius 1 is 0.628 bits per heavy atom. The second-order valence-corrected chi connectivity index (χ2v) is 11.0. The van der Waals surface area contributed by atoms with Crippen molar-refractivity contribution in [3.05, 3.63) is 192 Å². The molecule has 0 bridgehead atoms. The zero-order chi connectivity index (χ0) is 29.0. The largest absolute Gasteiger partial charge is 0.398 e. The van der Waals surface area contributed by atoms with Crippen LogP contribution in [0.4, 0.5) is 0 Å². The molecule has 1 heterocycles. The molecule has 206 valence electrons. The van der Waals surface area contributed by atoms with Gasteiger partial charge >= 0.3 is 0 Å². The molecule has 1 aliphatic heterocycles. The second-order valence-electron chi connectivity index (χ2n) is 11.0. The van der Waals surface area contributed by atoms with Crippen molar-refractivity contribution >= 4 is 27.8 Å². The maximum atomic E-state index is 6.68. The maximum absolute atomic E-state index is 6.68. The van der Waals surface area contributed by atoms with Crippen LogP contribution in [-0.2, 0) is 6.42 Å². The third-order valence-corrected chi connectivity index (χ3v) is 8.10. The lowest BCUT2D eigenvalue weighted by molar-refractivity contribution is 1.13. The van der Waals surface area contributed by atoms with Gasteiger partial charge in [-0.3, -0.25) is 4.99 Å². The quantitative estimate of drug-likeness (QED) is 0.188. The van der Waals surface area contributed by atoms with Gasteiger partial charge in [0.15, 0.2) is 0 Å². The summed E-state index contributed by atoms with van der Waals surface area (Å²) in [6.07, 6.45) is 5.19. The van der Waals surface area contributed by atoms with Crippen molar-refractivity contribution < 1.29 is 0 Å². The summed E-state index contributed by atoms with van der Waals surface area (Å²) in [6.45, 7) is 0. The zero-order valence-corrected chi connectivity index (χ0v) is 23.9. The van der Waals surface area contributed by atoms with E-state index in [1.54, 1.807) is 0 Å². The Hall–Kier alpha value is -5.47. The molecule has 0 spiro atoms. The first-order valence-electron chi connectivity index (χ1n) is 14.8. The molecule has 2 nitrogen and oxygen atoms in total. The number of aliphatic imine (C=N–C) groups is 1. The molecule has 0 saturated carbocycles. The number of hydrogen-bond donors (Lipinski definition) is 1. The van der Waals surface area contributed by atoms with Gasteiger partial charge in [-0.05, 0) is 68.3 Å². The summed E-state index contributed by atoms with van der Waals surface area (Å²) in [7, 11) is 0. The topological polar surface area (TPSA) is 38.4 Å². The van der Waals surface area contributed by atoms with Crippen LogP contribution in [0.25, 0.3) is 33.2 Å². The van der Waals surface area contributed by atoms with Crippen LogP contribution in [0.2, 0.25) is 0 Å². The molecule has 2 heteroatoms.